The summed E-state index contributed by atoms with van der Waals surface area (Å²) in [4.78, 5) is 22.3. The molecule has 4 N–H and O–H groups in total. The second-order valence-electron chi connectivity index (χ2n) is 4.00. The van der Waals surface area contributed by atoms with Crippen LogP contribution in [0, 0.1) is 0 Å². The molecule has 0 saturated heterocycles. The molecule has 0 unspecified atom stereocenters. The van der Waals surface area contributed by atoms with Crippen molar-refractivity contribution in [3.63, 3.8) is 0 Å². The summed E-state index contributed by atoms with van der Waals surface area (Å²) in [6.07, 6.45) is 0.992. The van der Waals surface area contributed by atoms with Gasteiger partial charge in [0.05, 0.1) is 12.9 Å². The van der Waals surface area contributed by atoms with Crippen molar-refractivity contribution in [2.75, 3.05) is 17.6 Å². The van der Waals surface area contributed by atoms with Crippen LogP contribution in [0.15, 0.2) is 24.3 Å². The molecule has 8 nitrogen and oxygen atoms in total. The van der Waals surface area contributed by atoms with E-state index in [2.05, 4.69) is 10.0 Å². The van der Waals surface area contributed by atoms with Crippen molar-refractivity contribution in [1.29, 1.82) is 0 Å². The van der Waals surface area contributed by atoms with Crippen molar-refractivity contribution in [3.8, 4) is 0 Å². The predicted octanol–water partition coefficient (Wildman–Crippen LogP) is -0.767. The zero-order valence-electron chi connectivity index (χ0n) is 10.5. The number of amides is 1. The van der Waals surface area contributed by atoms with E-state index in [0.29, 0.717) is 0 Å². The maximum absolute atomic E-state index is 11.7. The van der Waals surface area contributed by atoms with Gasteiger partial charge in [0.1, 0.15) is 0 Å². The lowest BCUT2D eigenvalue weighted by Crippen LogP contribution is -2.43. The van der Waals surface area contributed by atoms with Gasteiger partial charge >= 0.3 is 5.97 Å². The number of rotatable bonds is 6. The Hall–Kier alpha value is -2.13. The van der Waals surface area contributed by atoms with E-state index in [1.165, 1.54) is 24.3 Å². The van der Waals surface area contributed by atoms with Gasteiger partial charge in [-0.25, -0.2) is 13.2 Å². The zero-order chi connectivity index (χ0) is 15.3. The molecule has 0 spiro atoms. The fraction of sp³-hybridized carbons (Fsp3) is 0.273. The van der Waals surface area contributed by atoms with Crippen LogP contribution in [0.4, 0.5) is 5.69 Å². The molecule has 1 amide bonds. The number of carboxylic acid groups (broad SMARTS) is 1. The van der Waals surface area contributed by atoms with Gasteiger partial charge in [0.15, 0.2) is 6.04 Å². The van der Waals surface area contributed by atoms with Crippen LogP contribution in [0.1, 0.15) is 10.4 Å². The van der Waals surface area contributed by atoms with E-state index < -0.39 is 34.5 Å². The lowest BCUT2D eigenvalue weighted by atomic mass is 10.2. The zero-order valence-corrected chi connectivity index (χ0v) is 11.3. The Balaban J connectivity index is 2.78. The Kier molecular flexibility index (Phi) is 5.06. The highest BCUT2D eigenvalue weighted by Gasteiger charge is 2.19. The van der Waals surface area contributed by atoms with Crippen LogP contribution >= 0.6 is 0 Å². The van der Waals surface area contributed by atoms with E-state index in [0.717, 1.165) is 6.26 Å². The van der Waals surface area contributed by atoms with Gasteiger partial charge in [-0.1, -0.05) is 0 Å². The smallest absolute Gasteiger partial charge is 0.328 e. The Bertz CT molecular complexity index is 596. The van der Waals surface area contributed by atoms with Crippen LogP contribution in [-0.2, 0) is 14.8 Å². The average molecular weight is 302 g/mol. The first-order chi connectivity index (χ1) is 9.23. The van der Waals surface area contributed by atoms with Gasteiger partial charge in [0, 0.05) is 11.3 Å². The summed E-state index contributed by atoms with van der Waals surface area (Å²) in [5.41, 5.74) is 0.421. The predicted molar refractivity (Wildman–Crippen MR) is 70.9 cm³/mol. The Morgan fingerprint density at radius 2 is 1.80 bits per heavy atom. The molecule has 0 heterocycles. The van der Waals surface area contributed by atoms with E-state index >= 15 is 0 Å². The van der Waals surface area contributed by atoms with Crippen molar-refractivity contribution in [3.05, 3.63) is 29.8 Å². The van der Waals surface area contributed by atoms with Crippen LogP contribution in [0.3, 0.4) is 0 Å². The first kappa shape index (κ1) is 15.9. The standard InChI is InChI=1S/C11H14N2O6S/c1-20(18,19)13-8-4-2-7(3-5-8)10(15)12-9(6-14)11(16)17/h2-5,9,13-14H,6H2,1H3,(H,12,15)(H,16,17)/t9-/m1/s1. The van der Waals surface area contributed by atoms with Crippen LogP contribution < -0.4 is 10.0 Å². The summed E-state index contributed by atoms with van der Waals surface area (Å²) in [5, 5.41) is 19.6. The topological polar surface area (TPSA) is 133 Å². The first-order valence-corrected chi connectivity index (χ1v) is 7.34. The van der Waals surface area contributed by atoms with E-state index in [1.54, 1.807) is 0 Å². The summed E-state index contributed by atoms with van der Waals surface area (Å²) in [7, 11) is -3.41. The molecule has 0 aliphatic carbocycles. The molecule has 1 rings (SSSR count). The number of carbonyl (C=O) groups is 2. The van der Waals surface area contributed by atoms with Gasteiger partial charge in [-0.2, -0.15) is 0 Å². The lowest BCUT2D eigenvalue weighted by Gasteiger charge is -2.12. The second kappa shape index (κ2) is 6.35. The molecule has 0 saturated carbocycles. The molecule has 110 valence electrons. The number of aliphatic hydroxyl groups excluding tert-OH is 1. The first-order valence-electron chi connectivity index (χ1n) is 5.45. The van der Waals surface area contributed by atoms with Crippen LogP contribution in [0.25, 0.3) is 0 Å². The van der Waals surface area contributed by atoms with Gasteiger partial charge < -0.3 is 15.5 Å². The molecule has 0 aliphatic rings. The Morgan fingerprint density at radius 1 is 1.25 bits per heavy atom. The quantitative estimate of drug-likeness (QED) is 0.545. The Labute approximate surface area is 115 Å². The van der Waals surface area contributed by atoms with Crippen molar-refractivity contribution in [2.45, 2.75) is 6.04 Å². The van der Waals surface area contributed by atoms with Crippen molar-refractivity contribution < 1.29 is 28.2 Å². The van der Waals surface area contributed by atoms with Gasteiger partial charge in [-0.05, 0) is 24.3 Å². The number of aliphatic carboxylic acids is 1. The third-order valence-corrected chi connectivity index (χ3v) is 2.84. The molecule has 1 atom stereocenters. The van der Waals surface area contributed by atoms with Crippen molar-refractivity contribution in [2.24, 2.45) is 0 Å². The van der Waals surface area contributed by atoms with Crippen molar-refractivity contribution in [1.82, 2.24) is 5.32 Å². The molecule has 0 fully saturated rings. The largest absolute Gasteiger partial charge is 0.480 e. The molecule has 0 bridgehead atoms. The summed E-state index contributed by atoms with van der Waals surface area (Å²) >= 11 is 0. The maximum Gasteiger partial charge on any atom is 0.328 e. The average Bonchev–Trinajstić information content (AvgIpc) is 2.34. The summed E-state index contributed by atoms with van der Waals surface area (Å²) in [5.74, 6) is -2.03. The fourth-order valence-electron chi connectivity index (χ4n) is 1.33. The Morgan fingerprint density at radius 3 is 2.20 bits per heavy atom. The van der Waals surface area contributed by atoms with Gasteiger partial charge in [-0.15, -0.1) is 0 Å². The summed E-state index contributed by atoms with van der Waals surface area (Å²) < 4.78 is 24.2. The fourth-order valence-corrected chi connectivity index (χ4v) is 1.90. The van der Waals surface area contributed by atoms with Gasteiger partial charge in [0.25, 0.3) is 5.91 Å². The van der Waals surface area contributed by atoms with Crippen LogP contribution in [-0.4, -0.2) is 49.4 Å². The maximum atomic E-state index is 11.7. The van der Waals surface area contributed by atoms with E-state index in [1.807, 2.05) is 0 Å². The molecule has 0 radical (unpaired) electrons. The molecule has 1 aromatic rings. The molecule has 0 aromatic heterocycles. The van der Waals surface area contributed by atoms with E-state index in [9.17, 15) is 18.0 Å². The lowest BCUT2D eigenvalue weighted by molar-refractivity contribution is -0.140. The molecular formula is C11H14N2O6S. The summed E-state index contributed by atoms with van der Waals surface area (Å²) in [6.45, 7) is -0.727. The minimum Gasteiger partial charge on any atom is -0.480 e. The van der Waals surface area contributed by atoms with E-state index in [4.69, 9.17) is 10.2 Å². The number of nitrogens with one attached hydrogen (secondary N) is 2. The molecule has 9 heteroatoms. The van der Waals surface area contributed by atoms with E-state index in [-0.39, 0.29) is 11.3 Å². The number of benzene rings is 1. The van der Waals surface area contributed by atoms with Gasteiger partial charge in [-0.3, -0.25) is 9.52 Å². The number of anilines is 1. The third kappa shape index (κ3) is 4.86. The minimum atomic E-state index is -3.41. The third-order valence-electron chi connectivity index (χ3n) is 2.24. The van der Waals surface area contributed by atoms with Crippen LogP contribution in [0.2, 0.25) is 0 Å². The molecule has 1 aromatic carbocycles. The van der Waals surface area contributed by atoms with Crippen LogP contribution in [0.5, 0.6) is 0 Å². The second-order valence-corrected chi connectivity index (χ2v) is 5.75. The highest BCUT2D eigenvalue weighted by Crippen LogP contribution is 2.11. The molecule has 20 heavy (non-hydrogen) atoms. The normalized spacial score (nSPS) is 12.5. The highest BCUT2D eigenvalue weighted by atomic mass is 32.2. The van der Waals surface area contributed by atoms with Crippen molar-refractivity contribution >= 4 is 27.6 Å². The summed E-state index contributed by atoms with van der Waals surface area (Å²) in [6, 6.07) is 4.00. The molecular weight excluding hydrogens is 288 g/mol. The number of carbonyl (C=O) groups excluding carboxylic acids is 1. The molecule has 0 aliphatic heterocycles. The monoisotopic (exact) mass is 302 g/mol. The number of hydrogen-bond donors (Lipinski definition) is 4. The number of aliphatic hydroxyl groups is 1. The van der Waals surface area contributed by atoms with Gasteiger partial charge in [0.2, 0.25) is 10.0 Å². The highest BCUT2D eigenvalue weighted by molar-refractivity contribution is 7.92. The number of sulfonamides is 1. The minimum absolute atomic E-state index is 0.142. The SMILES string of the molecule is CS(=O)(=O)Nc1ccc(C(=O)N[C@H](CO)C(=O)O)cc1. The number of hydrogen-bond acceptors (Lipinski definition) is 5. The number of carboxylic acids is 1.